The lowest BCUT2D eigenvalue weighted by Gasteiger charge is -2.27. The molecule has 0 unspecified atom stereocenters. The van der Waals surface area contributed by atoms with Gasteiger partial charge in [-0.2, -0.15) is 0 Å². The van der Waals surface area contributed by atoms with Gasteiger partial charge in [0.1, 0.15) is 18.0 Å². The van der Waals surface area contributed by atoms with E-state index in [0.717, 1.165) is 55.8 Å². The molecule has 0 bridgehead atoms. The van der Waals surface area contributed by atoms with Crippen molar-refractivity contribution in [1.82, 2.24) is 25.2 Å². The summed E-state index contributed by atoms with van der Waals surface area (Å²) in [5.41, 5.74) is 3.70. The Kier molecular flexibility index (Phi) is 6.16. The summed E-state index contributed by atoms with van der Waals surface area (Å²) in [6.07, 6.45) is 5.64. The lowest BCUT2D eigenvalue weighted by Crippen LogP contribution is -2.42. The van der Waals surface area contributed by atoms with Gasteiger partial charge < -0.3 is 15.4 Å². The minimum absolute atomic E-state index is 0.0135. The SMILES string of the molecule is [C-]#[N+]c1c(Nc2ccc(CN3CCNCC3)cn2)ncnc1Oc1ccc2c(c1F)C=C(C)C2. The third kappa shape index (κ3) is 4.59. The smallest absolute Gasteiger partial charge is 0.288 e. The monoisotopic (exact) mass is 457 g/mol. The minimum Gasteiger partial charge on any atom is -0.446 e. The van der Waals surface area contributed by atoms with Gasteiger partial charge in [0.25, 0.3) is 5.69 Å². The predicted molar refractivity (Wildman–Crippen MR) is 128 cm³/mol. The second kappa shape index (κ2) is 9.55. The van der Waals surface area contributed by atoms with Crippen LogP contribution in [0.4, 0.5) is 21.7 Å². The summed E-state index contributed by atoms with van der Waals surface area (Å²) in [5.74, 6) is 0.345. The Morgan fingerprint density at radius 2 is 2.03 bits per heavy atom. The quantitative estimate of drug-likeness (QED) is 0.529. The molecule has 0 radical (unpaired) electrons. The highest BCUT2D eigenvalue weighted by Crippen LogP contribution is 2.39. The van der Waals surface area contributed by atoms with Crippen LogP contribution in [0.3, 0.4) is 0 Å². The van der Waals surface area contributed by atoms with Gasteiger partial charge in [-0.25, -0.2) is 24.2 Å². The number of pyridine rings is 1. The van der Waals surface area contributed by atoms with Crippen LogP contribution in [0, 0.1) is 12.4 Å². The van der Waals surface area contributed by atoms with E-state index >= 15 is 0 Å². The number of nitrogens with zero attached hydrogens (tertiary/aromatic N) is 5. The van der Waals surface area contributed by atoms with Gasteiger partial charge in [0, 0.05) is 44.5 Å². The molecule has 9 heteroatoms. The van der Waals surface area contributed by atoms with Crippen LogP contribution in [-0.2, 0) is 13.0 Å². The highest BCUT2D eigenvalue weighted by molar-refractivity contribution is 5.75. The molecule has 0 spiro atoms. The fraction of sp³-hybridized carbons (Fsp3) is 0.280. The van der Waals surface area contributed by atoms with E-state index in [1.165, 1.54) is 6.33 Å². The van der Waals surface area contributed by atoms with Crippen molar-refractivity contribution < 1.29 is 9.13 Å². The molecule has 3 heterocycles. The number of piperazine rings is 1. The van der Waals surface area contributed by atoms with Crippen LogP contribution in [-0.4, -0.2) is 46.0 Å². The second-order valence-electron chi connectivity index (χ2n) is 8.41. The number of hydrogen-bond acceptors (Lipinski definition) is 7. The third-order valence-electron chi connectivity index (χ3n) is 5.89. The summed E-state index contributed by atoms with van der Waals surface area (Å²) in [5, 5.41) is 6.41. The fourth-order valence-corrected chi connectivity index (χ4v) is 4.17. The summed E-state index contributed by atoms with van der Waals surface area (Å²) < 4.78 is 20.7. The third-order valence-corrected chi connectivity index (χ3v) is 5.89. The van der Waals surface area contributed by atoms with Gasteiger partial charge in [-0.05, 0) is 36.6 Å². The van der Waals surface area contributed by atoms with Crippen molar-refractivity contribution in [3.63, 3.8) is 0 Å². The molecule has 34 heavy (non-hydrogen) atoms. The maximum absolute atomic E-state index is 15.0. The van der Waals surface area contributed by atoms with Gasteiger partial charge in [0.15, 0.2) is 11.6 Å². The maximum Gasteiger partial charge on any atom is 0.288 e. The van der Waals surface area contributed by atoms with E-state index in [-0.39, 0.29) is 23.1 Å². The summed E-state index contributed by atoms with van der Waals surface area (Å²) in [4.78, 5) is 18.6. The molecule has 1 saturated heterocycles. The average Bonchev–Trinajstić information content (AvgIpc) is 3.24. The number of rotatable bonds is 6. The predicted octanol–water partition coefficient (Wildman–Crippen LogP) is 4.46. The Balaban J connectivity index is 1.33. The molecule has 8 nitrogen and oxygen atoms in total. The lowest BCUT2D eigenvalue weighted by atomic mass is 10.1. The first-order chi connectivity index (χ1) is 16.6. The van der Waals surface area contributed by atoms with Crippen molar-refractivity contribution in [2.45, 2.75) is 19.9 Å². The number of benzene rings is 1. The van der Waals surface area contributed by atoms with E-state index in [9.17, 15) is 4.39 Å². The second-order valence-corrected chi connectivity index (χ2v) is 8.41. The molecule has 0 atom stereocenters. The van der Waals surface area contributed by atoms with Gasteiger partial charge >= 0.3 is 0 Å². The zero-order valence-corrected chi connectivity index (χ0v) is 18.8. The van der Waals surface area contributed by atoms with Crippen LogP contribution in [0.5, 0.6) is 11.6 Å². The number of allylic oxidation sites excluding steroid dienone is 1. The maximum atomic E-state index is 15.0. The minimum atomic E-state index is -0.458. The largest absolute Gasteiger partial charge is 0.446 e. The summed E-state index contributed by atoms with van der Waals surface area (Å²) in [6, 6.07) is 7.26. The zero-order valence-electron chi connectivity index (χ0n) is 18.8. The Labute approximate surface area is 197 Å². The zero-order chi connectivity index (χ0) is 23.5. The summed E-state index contributed by atoms with van der Waals surface area (Å²) in [6.45, 7) is 14.5. The number of hydrogen-bond donors (Lipinski definition) is 2. The molecule has 2 N–H and O–H groups in total. The first-order valence-corrected chi connectivity index (χ1v) is 11.1. The normalized spacial score (nSPS) is 15.4. The molecule has 0 saturated carbocycles. The molecule has 172 valence electrons. The van der Waals surface area contributed by atoms with E-state index in [4.69, 9.17) is 11.3 Å². The first kappa shape index (κ1) is 21.9. The van der Waals surface area contributed by atoms with E-state index < -0.39 is 5.82 Å². The molecule has 2 aromatic heterocycles. The number of ether oxygens (including phenoxy) is 1. The van der Waals surface area contributed by atoms with E-state index in [1.54, 1.807) is 6.07 Å². The molecule has 1 fully saturated rings. The highest BCUT2D eigenvalue weighted by Gasteiger charge is 2.21. The Morgan fingerprint density at radius 3 is 2.79 bits per heavy atom. The van der Waals surface area contributed by atoms with E-state index in [0.29, 0.717) is 11.4 Å². The highest BCUT2D eigenvalue weighted by atomic mass is 19.1. The summed E-state index contributed by atoms with van der Waals surface area (Å²) in [7, 11) is 0. The first-order valence-electron chi connectivity index (χ1n) is 11.1. The van der Waals surface area contributed by atoms with Crippen molar-refractivity contribution in [3.8, 4) is 11.6 Å². The number of aromatic nitrogens is 3. The Morgan fingerprint density at radius 1 is 1.18 bits per heavy atom. The molecular weight excluding hydrogens is 433 g/mol. The van der Waals surface area contributed by atoms with Crippen molar-refractivity contribution in [3.05, 3.63) is 76.3 Å². The van der Waals surface area contributed by atoms with Gasteiger partial charge in [-0.3, -0.25) is 4.90 Å². The van der Waals surface area contributed by atoms with Crippen molar-refractivity contribution >= 4 is 23.4 Å². The standard InChI is InChI=1S/C25H24FN7O/c1-16-11-18-4-5-20(22(26)19(18)12-16)34-25-23(27-2)24(30-15-31-25)32-21-6-3-17(13-29-21)14-33-9-7-28-8-10-33/h3-6,12-13,15,28H,7-11,14H2,1H3,(H,29,30,31,32). The molecular formula is C25H24FN7O. The topological polar surface area (TPSA) is 79.6 Å². The lowest BCUT2D eigenvalue weighted by molar-refractivity contribution is 0.233. The molecule has 2 aliphatic rings. The number of nitrogens with one attached hydrogen (secondary N) is 2. The fourth-order valence-electron chi connectivity index (χ4n) is 4.17. The van der Waals surface area contributed by atoms with Crippen LogP contribution in [0.25, 0.3) is 10.9 Å². The van der Waals surface area contributed by atoms with Crippen LogP contribution < -0.4 is 15.4 Å². The number of halogens is 1. The molecule has 1 aromatic carbocycles. The van der Waals surface area contributed by atoms with Gasteiger partial charge in [-0.1, -0.05) is 23.8 Å². The Bertz CT molecular complexity index is 1280. The molecule has 1 aliphatic carbocycles. The van der Waals surface area contributed by atoms with Crippen molar-refractivity contribution in [2.75, 3.05) is 31.5 Å². The van der Waals surface area contributed by atoms with E-state index in [2.05, 4.69) is 35.3 Å². The molecule has 0 amide bonds. The van der Waals surface area contributed by atoms with Crippen molar-refractivity contribution in [1.29, 1.82) is 0 Å². The number of fused-ring (bicyclic) bond motifs is 1. The Hall–Kier alpha value is -3.87. The summed E-state index contributed by atoms with van der Waals surface area (Å²) >= 11 is 0. The van der Waals surface area contributed by atoms with Gasteiger partial charge in [0.05, 0.1) is 6.57 Å². The van der Waals surface area contributed by atoms with Crippen LogP contribution in [0.1, 0.15) is 23.6 Å². The van der Waals surface area contributed by atoms with Gasteiger partial charge in [0.2, 0.25) is 5.88 Å². The molecule has 5 rings (SSSR count). The average molecular weight is 458 g/mol. The van der Waals surface area contributed by atoms with Gasteiger partial charge in [-0.15, -0.1) is 0 Å². The molecule has 3 aromatic rings. The van der Waals surface area contributed by atoms with E-state index in [1.807, 2.05) is 37.4 Å². The molecule has 1 aliphatic heterocycles. The van der Waals surface area contributed by atoms with Crippen molar-refractivity contribution in [2.24, 2.45) is 0 Å². The van der Waals surface area contributed by atoms with Crippen LogP contribution in [0.2, 0.25) is 0 Å². The van der Waals surface area contributed by atoms with Crippen LogP contribution in [0.15, 0.2) is 42.4 Å². The number of anilines is 2. The van der Waals surface area contributed by atoms with Crippen LogP contribution >= 0.6 is 0 Å².